The van der Waals surface area contributed by atoms with E-state index in [1.54, 1.807) is 6.07 Å². The molecule has 2 N–H and O–H groups in total. The normalized spacial score (nSPS) is 18.2. The van der Waals surface area contributed by atoms with Crippen LogP contribution in [0.25, 0.3) is 0 Å². The minimum Gasteiger partial charge on any atom is -0.399 e. The van der Waals surface area contributed by atoms with Crippen molar-refractivity contribution in [3.8, 4) is 0 Å². The first kappa shape index (κ1) is 15.6. The van der Waals surface area contributed by atoms with Gasteiger partial charge in [-0.15, -0.1) is 0 Å². The molecule has 1 aliphatic rings. The number of nitrogen functional groups attached to an aromatic ring is 1. The van der Waals surface area contributed by atoms with Gasteiger partial charge in [-0.05, 0) is 37.1 Å². The average molecular weight is 314 g/mol. The molecule has 0 aliphatic carbocycles. The van der Waals surface area contributed by atoms with E-state index in [4.69, 9.17) is 10.5 Å². The van der Waals surface area contributed by atoms with E-state index in [1.807, 2.05) is 48.0 Å². The highest BCUT2D eigenvalue weighted by Gasteiger charge is 2.26. The van der Waals surface area contributed by atoms with Crippen LogP contribution in [0.4, 0.5) is 5.69 Å². The molecule has 6 heteroatoms. The van der Waals surface area contributed by atoms with Gasteiger partial charge in [0, 0.05) is 30.5 Å². The zero-order chi connectivity index (χ0) is 16.4. The molecule has 1 fully saturated rings. The summed E-state index contributed by atoms with van der Waals surface area (Å²) in [5.41, 5.74) is 9.15. The third-order valence-corrected chi connectivity index (χ3v) is 4.07. The molecule has 1 aromatic carbocycles. The van der Waals surface area contributed by atoms with Gasteiger partial charge < -0.3 is 15.4 Å². The molecule has 0 saturated carbocycles. The maximum atomic E-state index is 12.8. The number of aryl methyl sites for hydroxylation is 2. The zero-order valence-electron chi connectivity index (χ0n) is 13.5. The maximum absolute atomic E-state index is 12.8. The summed E-state index contributed by atoms with van der Waals surface area (Å²) in [6, 6.07) is 5.44. The summed E-state index contributed by atoms with van der Waals surface area (Å²) in [7, 11) is 0. The minimum absolute atomic E-state index is 0.0137. The molecule has 0 bridgehead atoms. The highest BCUT2D eigenvalue weighted by atomic mass is 16.5. The Morgan fingerprint density at radius 1 is 1.43 bits per heavy atom. The number of carbonyl (C=O) groups excluding carboxylic acids is 1. The smallest absolute Gasteiger partial charge is 0.254 e. The molecule has 1 aliphatic heterocycles. The van der Waals surface area contributed by atoms with Gasteiger partial charge in [-0.25, -0.2) is 0 Å². The Morgan fingerprint density at radius 3 is 3.00 bits per heavy atom. The van der Waals surface area contributed by atoms with E-state index in [-0.39, 0.29) is 12.0 Å². The number of ether oxygens (including phenoxy) is 1. The van der Waals surface area contributed by atoms with Crippen LogP contribution in [0.15, 0.2) is 30.6 Å². The summed E-state index contributed by atoms with van der Waals surface area (Å²) >= 11 is 0. The lowest BCUT2D eigenvalue weighted by Crippen LogP contribution is -2.47. The Labute approximate surface area is 135 Å². The van der Waals surface area contributed by atoms with Gasteiger partial charge in [0.15, 0.2) is 0 Å². The molecule has 122 valence electrons. The number of rotatable bonds is 3. The fraction of sp³-hybridized carbons (Fsp3) is 0.412. The third kappa shape index (κ3) is 3.53. The first-order valence-corrected chi connectivity index (χ1v) is 7.79. The second kappa shape index (κ2) is 6.42. The van der Waals surface area contributed by atoms with E-state index in [2.05, 4.69) is 5.10 Å². The van der Waals surface area contributed by atoms with Gasteiger partial charge >= 0.3 is 0 Å². The van der Waals surface area contributed by atoms with Crippen LogP contribution in [-0.4, -0.2) is 46.4 Å². The van der Waals surface area contributed by atoms with E-state index < -0.39 is 0 Å². The highest BCUT2D eigenvalue weighted by Crippen LogP contribution is 2.17. The summed E-state index contributed by atoms with van der Waals surface area (Å²) in [5, 5.41) is 4.28. The molecule has 3 rings (SSSR count). The van der Waals surface area contributed by atoms with Crippen molar-refractivity contribution in [2.24, 2.45) is 0 Å². The number of carbonyl (C=O) groups is 1. The molecule has 1 amide bonds. The number of nitrogens with zero attached hydrogens (tertiary/aromatic N) is 3. The summed E-state index contributed by atoms with van der Waals surface area (Å²) in [4.78, 5) is 14.6. The quantitative estimate of drug-likeness (QED) is 0.874. The van der Waals surface area contributed by atoms with Gasteiger partial charge in [-0.1, -0.05) is 6.07 Å². The predicted octanol–water partition coefficient (Wildman–Crippen LogP) is 1.62. The lowest BCUT2D eigenvalue weighted by Gasteiger charge is -2.33. The third-order valence-electron chi connectivity index (χ3n) is 4.07. The number of hydrogen-bond acceptors (Lipinski definition) is 4. The largest absolute Gasteiger partial charge is 0.399 e. The molecule has 2 aromatic rings. The monoisotopic (exact) mass is 314 g/mol. The second-order valence-electron chi connectivity index (χ2n) is 6.06. The molecule has 2 heterocycles. The van der Waals surface area contributed by atoms with Crippen LogP contribution in [-0.2, 0) is 11.3 Å². The Kier molecular flexibility index (Phi) is 4.34. The first-order valence-electron chi connectivity index (χ1n) is 7.79. The van der Waals surface area contributed by atoms with Crippen molar-refractivity contribution in [1.29, 1.82) is 0 Å². The topological polar surface area (TPSA) is 73.4 Å². The van der Waals surface area contributed by atoms with Gasteiger partial charge in [0.2, 0.25) is 0 Å². The number of nitrogens with two attached hydrogens (primary N) is 1. The molecule has 1 saturated heterocycles. The Hall–Kier alpha value is -2.34. The highest BCUT2D eigenvalue weighted by molar-refractivity contribution is 5.96. The Morgan fingerprint density at radius 2 is 2.26 bits per heavy atom. The van der Waals surface area contributed by atoms with Crippen LogP contribution in [0.5, 0.6) is 0 Å². The van der Waals surface area contributed by atoms with Crippen molar-refractivity contribution in [3.63, 3.8) is 0 Å². The first-order chi connectivity index (χ1) is 11.0. The molecule has 6 nitrogen and oxygen atoms in total. The number of amides is 1. The van der Waals surface area contributed by atoms with E-state index in [9.17, 15) is 4.79 Å². The maximum Gasteiger partial charge on any atom is 0.254 e. The minimum atomic E-state index is -0.0478. The van der Waals surface area contributed by atoms with Crippen LogP contribution in [0, 0.1) is 13.8 Å². The average Bonchev–Trinajstić information content (AvgIpc) is 2.94. The van der Waals surface area contributed by atoms with Gasteiger partial charge in [0.1, 0.15) is 0 Å². The van der Waals surface area contributed by atoms with Crippen LogP contribution in [0.1, 0.15) is 21.5 Å². The van der Waals surface area contributed by atoms with Crippen molar-refractivity contribution < 1.29 is 9.53 Å². The van der Waals surface area contributed by atoms with E-state index in [0.29, 0.717) is 37.5 Å². The van der Waals surface area contributed by atoms with Crippen LogP contribution in [0.3, 0.4) is 0 Å². The predicted molar refractivity (Wildman–Crippen MR) is 88.2 cm³/mol. The summed E-state index contributed by atoms with van der Waals surface area (Å²) in [6.07, 6.45) is 3.75. The van der Waals surface area contributed by atoms with E-state index in [0.717, 1.165) is 11.1 Å². The lowest BCUT2D eigenvalue weighted by molar-refractivity contribution is -0.0300. The lowest BCUT2D eigenvalue weighted by atomic mass is 10.1. The standard InChI is InChI=1S/C17H22N4O2/c1-12-8-19-21(9-12)11-15-10-20(5-6-23-15)17(22)16-7-14(18)4-3-13(16)2/h3-4,7-9,15H,5-6,10-11,18H2,1-2H3. The van der Waals surface area contributed by atoms with Gasteiger partial charge in [0.25, 0.3) is 5.91 Å². The summed E-state index contributed by atoms with van der Waals surface area (Å²) < 4.78 is 7.64. The van der Waals surface area contributed by atoms with Gasteiger partial charge in [-0.2, -0.15) is 5.10 Å². The summed E-state index contributed by atoms with van der Waals surface area (Å²) in [5.74, 6) is 0.0137. The molecular weight excluding hydrogens is 292 g/mol. The van der Waals surface area contributed by atoms with Crippen LogP contribution < -0.4 is 5.73 Å². The molecule has 1 unspecified atom stereocenters. The van der Waals surface area contributed by atoms with Crippen molar-refractivity contribution in [2.75, 3.05) is 25.4 Å². The van der Waals surface area contributed by atoms with Crippen LogP contribution >= 0.6 is 0 Å². The SMILES string of the molecule is Cc1cnn(CC2CN(C(=O)c3cc(N)ccc3C)CCO2)c1. The Balaban J connectivity index is 1.70. The van der Waals surface area contributed by atoms with Crippen LogP contribution in [0.2, 0.25) is 0 Å². The summed E-state index contributed by atoms with van der Waals surface area (Å²) in [6.45, 7) is 6.28. The fourth-order valence-electron chi connectivity index (χ4n) is 2.83. The zero-order valence-corrected chi connectivity index (χ0v) is 13.5. The van der Waals surface area contributed by atoms with Crippen molar-refractivity contribution in [2.45, 2.75) is 26.5 Å². The van der Waals surface area contributed by atoms with Crippen molar-refractivity contribution >= 4 is 11.6 Å². The van der Waals surface area contributed by atoms with Gasteiger partial charge in [0.05, 0.1) is 25.5 Å². The molecule has 23 heavy (non-hydrogen) atoms. The fourth-order valence-corrected chi connectivity index (χ4v) is 2.83. The van der Waals surface area contributed by atoms with E-state index in [1.165, 1.54) is 0 Å². The van der Waals surface area contributed by atoms with Crippen molar-refractivity contribution in [1.82, 2.24) is 14.7 Å². The molecule has 0 radical (unpaired) electrons. The number of hydrogen-bond donors (Lipinski definition) is 1. The number of morpholine rings is 1. The Bertz CT molecular complexity index is 710. The van der Waals surface area contributed by atoms with Gasteiger partial charge in [-0.3, -0.25) is 9.48 Å². The molecule has 1 aromatic heterocycles. The molecule has 1 atom stereocenters. The number of benzene rings is 1. The number of aromatic nitrogens is 2. The van der Waals surface area contributed by atoms with Crippen molar-refractivity contribution in [3.05, 3.63) is 47.3 Å². The second-order valence-corrected chi connectivity index (χ2v) is 6.06. The van der Waals surface area contributed by atoms with E-state index >= 15 is 0 Å². The number of anilines is 1. The molecular formula is C17H22N4O2. The molecule has 0 spiro atoms.